The number of benzene rings is 6. The van der Waals surface area contributed by atoms with E-state index < -0.39 is 5.41 Å². The quantitative estimate of drug-likeness (QED) is 0.185. The number of hydrogen-bond acceptors (Lipinski definition) is 5. The largest absolute Gasteiger partial charge is 0.449 e. The lowest BCUT2D eigenvalue weighted by molar-refractivity contribution is 0.360. The lowest BCUT2D eigenvalue weighted by Crippen LogP contribution is -2.28. The predicted molar refractivity (Wildman–Crippen MR) is 200 cm³/mol. The van der Waals surface area contributed by atoms with Crippen molar-refractivity contribution in [3.8, 4) is 68.2 Å². The second-order valence-electron chi connectivity index (χ2n) is 12.8. The Kier molecular flexibility index (Phi) is 6.64. The van der Waals surface area contributed by atoms with Crippen LogP contribution in [0, 0.1) is 0 Å². The van der Waals surface area contributed by atoms with Crippen molar-refractivity contribution in [2.24, 2.45) is 0 Å². The van der Waals surface area contributed by atoms with Crippen molar-refractivity contribution in [1.82, 2.24) is 15.0 Å². The molecule has 0 amide bonds. The van der Waals surface area contributed by atoms with Gasteiger partial charge in [0, 0.05) is 22.9 Å². The third-order valence-electron chi connectivity index (χ3n) is 9.90. The van der Waals surface area contributed by atoms with Crippen LogP contribution < -0.4 is 9.47 Å². The fourth-order valence-electron chi connectivity index (χ4n) is 7.68. The number of ether oxygens (including phenoxy) is 2. The van der Waals surface area contributed by atoms with E-state index in [1.807, 2.05) is 78.9 Å². The maximum Gasteiger partial charge on any atom is 0.178 e. The first-order valence-corrected chi connectivity index (χ1v) is 17.0. The van der Waals surface area contributed by atoms with Gasteiger partial charge in [-0.3, -0.25) is 4.98 Å². The average molecular weight is 656 g/mol. The van der Waals surface area contributed by atoms with Gasteiger partial charge < -0.3 is 9.47 Å². The molecule has 5 heteroatoms. The molecule has 240 valence electrons. The molecular formula is C46H29N3O2. The van der Waals surface area contributed by atoms with Crippen LogP contribution in [-0.2, 0) is 5.41 Å². The van der Waals surface area contributed by atoms with Gasteiger partial charge in [-0.05, 0) is 70.3 Å². The van der Waals surface area contributed by atoms with Crippen molar-refractivity contribution in [3.05, 3.63) is 198 Å². The molecule has 5 nitrogen and oxygen atoms in total. The summed E-state index contributed by atoms with van der Waals surface area (Å²) in [6.07, 6.45) is 1.78. The number of pyridine rings is 1. The van der Waals surface area contributed by atoms with Crippen LogP contribution in [0.2, 0.25) is 0 Å². The molecule has 8 aromatic rings. The molecular weight excluding hydrogens is 627 g/mol. The first kappa shape index (κ1) is 29.1. The van der Waals surface area contributed by atoms with Crippen molar-refractivity contribution in [1.29, 1.82) is 0 Å². The molecule has 3 heterocycles. The van der Waals surface area contributed by atoms with Gasteiger partial charge in [-0.15, -0.1) is 0 Å². The first-order valence-electron chi connectivity index (χ1n) is 17.0. The van der Waals surface area contributed by atoms with E-state index in [2.05, 4.69) is 96.0 Å². The van der Waals surface area contributed by atoms with Crippen LogP contribution >= 0.6 is 0 Å². The average Bonchev–Trinajstić information content (AvgIpc) is 3.52. The van der Waals surface area contributed by atoms with Gasteiger partial charge in [0.25, 0.3) is 0 Å². The van der Waals surface area contributed by atoms with E-state index in [4.69, 9.17) is 19.4 Å². The number of hydrogen-bond donors (Lipinski definition) is 0. The van der Waals surface area contributed by atoms with E-state index >= 15 is 0 Å². The van der Waals surface area contributed by atoms with Gasteiger partial charge in [0.2, 0.25) is 0 Å². The SMILES string of the molecule is c1ccc(-c2nc(-c3ccc4c(c3)Oc3c(ccc5c3-c3ccccc3C5(c3ccccc3)c3ccccc3)O4)cc(-c3ccccn3)n2)cc1. The summed E-state index contributed by atoms with van der Waals surface area (Å²) in [7, 11) is 0. The van der Waals surface area contributed by atoms with E-state index in [9.17, 15) is 0 Å². The van der Waals surface area contributed by atoms with Gasteiger partial charge in [0.05, 0.1) is 22.5 Å². The Hall–Kier alpha value is -6.85. The van der Waals surface area contributed by atoms with Crippen molar-refractivity contribution in [3.63, 3.8) is 0 Å². The highest BCUT2D eigenvalue weighted by Crippen LogP contribution is 2.62. The van der Waals surface area contributed by atoms with Gasteiger partial charge in [-0.1, -0.05) is 127 Å². The Labute approximate surface area is 295 Å². The maximum absolute atomic E-state index is 6.95. The number of aromatic nitrogens is 3. The lowest BCUT2D eigenvalue weighted by atomic mass is 9.68. The summed E-state index contributed by atoms with van der Waals surface area (Å²) in [5.41, 5.74) is 10.5. The first-order chi connectivity index (χ1) is 25.3. The second kappa shape index (κ2) is 11.6. The monoisotopic (exact) mass is 655 g/mol. The van der Waals surface area contributed by atoms with Crippen LogP contribution in [0.4, 0.5) is 0 Å². The molecule has 0 spiro atoms. The highest BCUT2D eigenvalue weighted by Gasteiger charge is 2.48. The molecule has 0 N–H and O–H groups in total. The third kappa shape index (κ3) is 4.59. The number of nitrogens with zero attached hydrogens (tertiary/aromatic N) is 3. The smallest absolute Gasteiger partial charge is 0.178 e. The molecule has 10 rings (SSSR count). The summed E-state index contributed by atoms with van der Waals surface area (Å²) in [6.45, 7) is 0. The van der Waals surface area contributed by atoms with Gasteiger partial charge >= 0.3 is 0 Å². The predicted octanol–water partition coefficient (Wildman–Crippen LogP) is 11.1. The molecule has 0 fully saturated rings. The Bertz CT molecular complexity index is 2480. The Morgan fingerprint density at radius 1 is 0.431 bits per heavy atom. The van der Waals surface area contributed by atoms with Crippen molar-refractivity contribution >= 4 is 0 Å². The molecule has 0 unspecified atom stereocenters. The zero-order valence-electron chi connectivity index (χ0n) is 27.4. The lowest BCUT2D eigenvalue weighted by Gasteiger charge is -2.34. The highest BCUT2D eigenvalue weighted by atomic mass is 16.6. The Morgan fingerprint density at radius 3 is 1.84 bits per heavy atom. The summed E-state index contributed by atoms with van der Waals surface area (Å²) in [4.78, 5) is 14.5. The summed E-state index contributed by atoms with van der Waals surface area (Å²) in [5.74, 6) is 3.30. The minimum absolute atomic E-state index is 0.536. The van der Waals surface area contributed by atoms with E-state index in [1.165, 1.54) is 16.7 Å². The van der Waals surface area contributed by atoms with Crippen LogP contribution in [-0.4, -0.2) is 15.0 Å². The summed E-state index contributed by atoms with van der Waals surface area (Å²) in [5, 5.41) is 0. The molecule has 0 saturated carbocycles. The van der Waals surface area contributed by atoms with Gasteiger partial charge in [-0.25, -0.2) is 9.97 Å². The molecule has 2 aliphatic rings. The molecule has 51 heavy (non-hydrogen) atoms. The van der Waals surface area contributed by atoms with E-state index in [0.29, 0.717) is 28.8 Å². The molecule has 1 aliphatic heterocycles. The zero-order valence-corrected chi connectivity index (χ0v) is 27.4. The molecule has 0 radical (unpaired) electrons. The van der Waals surface area contributed by atoms with Crippen LogP contribution in [0.15, 0.2) is 176 Å². The Morgan fingerprint density at radius 2 is 1.10 bits per heavy atom. The van der Waals surface area contributed by atoms with Gasteiger partial charge in [-0.2, -0.15) is 0 Å². The number of rotatable bonds is 5. The minimum atomic E-state index is -0.536. The topological polar surface area (TPSA) is 57.1 Å². The highest BCUT2D eigenvalue weighted by molar-refractivity contribution is 5.92. The van der Waals surface area contributed by atoms with Crippen LogP contribution in [0.25, 0.3) is 45.2 Å². The zero-order chi connectivity index (χ0) is 33.8. The number of fused-ring (bicyclic) bond motifs is 6. The van der Waals surface area contributed by atoms with Crippen LogP contribution in [0.5, 0.6) is 23.0 Å². The third-order valence-corrected chi connectivity index (χ3v) is 9.90. The molecule has 0 atom stereocenters. The maximum atomic E-state index is 6.95. The van der Waals surface area contributed by atoms with Crippen LogP contribution in [0.1, 0.15) is 22.3 Å². The molecule has 1 aliphatic carbocycles. The van der Waals surface area contributed by atoms with Crippen LogP contribution in [0.3, 0.4) is 0 Å². The van der Waals surface area contributed by atoms with Crippen molar-refractivity contribution in [2.45, 2.75) is 5.41 Å². The molecule has 0 bridgehead atoms. The standard InChI is InChI=1S/C46H29N3O2/c1-4-14-30(15-5-1)45-48-38(29-39(49-45)37-22-12-13-27-47-37)31-23-25-40-42(28-31)51-44-41(50-40)26-24-36-43(44)34-20-10-11-21-35(34)46(36,32-16-6-2-7-17-32)33-18-8-3-9-19-33/h1-29H. The summed E-state index contributed by atoms with van der Waals surface area (Å²) < 4.78 is 13.6. The minimum Gasteiger partial charge on any atom is -0.449 e. The molecule has 2 aromatic heterocycles. The summed E-state index contributed by atoms with van der Waals surface area (Å²) >= 11 is 0. The van der Waals surface area contributed by atoms with E-state index in [0.717, 1.165) is 44.9 Å². The van der Waals surface area contributed by atoms with Gasteiger partial charge in [0.15, 0.2) is 28.8 Å². The molecule has 6 aromatic carbocycles. The van der Waals surface area contributed by atoms with Crippen molar-refractivity contribution in [2.75, 3.05) is 0 Å². The summed E-state index contributed by atoms with van der Waals surface area (Å²) in [6, 6.07) is 58.3. The fourth-order valence-corrected chi connectivity index (χ4v) is 7.68. The van der Waals surface area contributed by atoms with E-state index in [-0.39, 0.29) is 0 Å². The molecule has 0 saturated heterocycles. The normalized spacial score (nSPS) is 13.2. The Balaban J connectivity index is 1.14. The fraction of sp³-hybridized carbons (Fsp3) is 0.0217. The van der Waals surface area contributed by atoms with Gasteiger partial charge in [0.1, 0.15) is 0 Å². The van der Waals surface area contributed by atoms with E-state index in [1.54, 1.807) is 6.20 Å². The second-order valence-corrected chi connectivity index (χ2v) is 12.8. The van der Waals surface area contributed by atoms with Crippen molar-refractivity contribution < 1.29 is 9.47 Å².